The molecule has 0 atom stereocenters. The number of hydrogen-bond donors (Lipinski definition) is 2. The second-order valence-corrected chi connectivity index (χ2v) is 5.36. The summed E-state index contributed by atoms with van der Waals surface area (Å²) in [6.45, 7) is 0. The number of carbonyl (C=O) groups excluding carboxylic acids is 1. The van der Waals surface area contributed by atoms with Gasteiger partial charge in [0.1, 0.15) is 0 Å². The smallest absolute Gasteiger partial charge is 0.226 e. The van der Waals surface area contributed by atoms with E-state index in [2.05, 4.69) is 15.3 Å². The largest absolute Gasteiger partial charge is 0.324 e. The number of rotatable bonds is 3. The number of aromatic amines is 1. The number of imidazole rings is 1. The van der Waals surface area contributed by atoms with Crippen LogP contribution in [0.4, 0.5) is 5.95 Å². The predicted molar refractivity (Wildman–Crippen MR) is 75.9 cm³/mol. The maximum Gasteiger partial charge on any atom is 0.226 e. The van der Waals surface area contributed by atoms with Crippen LogP contribution in [0.3, 0.4) is 0 Å². The minimum atomic E-state index is 0.0750. The topological polar surface area (TPSA) is 57.8 Å². The van der Waals surface area contributed by atoms with Crippen molar-refractivity contribution in [2.24, 2.45) is 5.92 Å². The molecule has 4 heteroatoms. The van der Waals surface area contributed by atoms with Gasteiger partial charge in [0.05, 0.1) is 11.0 Å². The Morgan fingerprint density at radius 2 is 2.05 bits per heavy atom. The van der Waals surface area contributed by atoms with E-state index in [-0.39, 0.29) is 5.91 Å². The van der Waals surface area contributed by atoms with Crippen LogP contribution in [0.15, 0.2) is 24.3 Å². The number of amides is 1. The highest BCUT2D eigenvalue weighted by Crippen LogP contribution is 2.26. The highest BCUT2D eigenvalue weighted by atomic mass is 16.1. The van der Waals surface area contributed by atoms with Crippen LogP contribution >= 0.6 is 0 Å². The summed E-state index contributed by atoms with van der Waals surface area (Å²) in [6.07, 6.45) is 6.85. The van der Waals surface area contributed by atoms with Crippen molar-refractivity contribution in [2.45, 2.75) is 38.5 Å². The van der Waals surface area contributed by atoms with Crippen LogP contribution in [-0.2, 0) is 4.79 Å². The summed E-state index contributed by atoms with van der Waals surface area (Å²) in [4.78, 5) is 19.5. The number of anilines is 1. The molecule has 2 aromatic rings. The average molecular weight is 257 g/mol. The summed E-state index contributed by atoms with van der Waals surface area (Å²) in [7, 11) is 0. The number of para-hydroxylation sites is 2. The highest BCUT2D eigenvalue weighted by Gasteiger charge is 2.17. The molecule has 1 aliphatic rings. The third kappa shape index (κ3) is 2.95. The van der Waals surface area contributed by atoms with Crippen molar-refractivity contribution in [3.8, 4) is 0 Å². The second kappa shape index (κ2) is 5.43. The minimum Gasteiger partial charge on any atom is -0.324 e. The molecule has 1 aromatic carbocycles. The molecule has 1 saturated carbocycles. The Labute approximate surface area is 112 Å². The first kappa shape index (κ1) is 12.2. The summed E-state index contributed by atoms with van der Waals surface area (Å²) in [5, 5.41) is 2.87. The zero-order valence-electron chi connectivity index (χ0n) is 11.0. The molecule has 0 spiro atoms. The van der Waals surface area contributed by atoms with E-state index in [4.69, 9.17) is 0 Å². The lowest BCUT2D eigenvalue weighted by Gasteiger charge is -2.20. The van der Waals surface area contributed by atoms with Gasteiger partial charge in [-0.3, -0.25) is 10.1 Å². The fourth-order valence-electron chi connectivity index (χ4n) is 2.85. The van der Waals surface area contributed by atoms with E-state index in [0.717, 1.165) is 11.0 Å². The van der Waals surface area contributed by atoms with Gasteiger partial charge in [-0.15, -0.1) is 0 Å². The van der Waals surface area contributed by atoms with Crippen molar-refractivity contribution in [1.29, 1.82) is 0 Å². The van der Waals surface area contributed by atoms with E-state index in [0.29, 0.717) is 18.3 Å². The predicted octanol–water partition coefficient (Wildman–Crippen LogP) is 3.47. The van der Waals surface area contributed by atoms with Gasteiger partial charge >= 0.3 is 0 Å². The summed E-state index contributed by atoms with van der Waals surface area (Å²) in [5.41, 5.74) is 1.84. The minimum absolute atomic E-state index is 0.0750. The number of nitrogens with one attached hydrogen (secondary N) is 2. The molecule has 3 rings (SSSR count). The Kier molecular flexibility index (Phi) is 3.49. The maximum absolute atomic E-state index is 12.0. The lowest BCUT2D eigenvalue weighted by molar-refractivity contribution is -0.117. The molecule has 0 radical (unpaired) electrons. The first-order valence-corrected chi connectivity index (χ1v) is 7.06. The van der Waals surface area contributed by atoms with Crippen LogP contribution in [0.5, 0.6) is 0 Å². The van der Waals surface area contributed by atoms with Gasteiger partial charge < -0.3 is 4.98 Å². The number of carbonyl (C=O) groups is 1. The van der Waals surface area contributed by atoms with Crippen molar-refractivity contribution in [1.82, 2.24) is 9.97 Å². The van der Waals surface area contributed by atoms with Crippen LogP contribution < -0.4 is 5.32 Å². The Hall–Kier alpha value is -1.84. The molecular weight excluding hydrogens is 238 g/mol. The van der Waals surface area contributed by atoms with E-state index in [1.165, 1.54) is 32.1 Å². The molecule has 0 unspecified atom stereocenters. The Bertz CT molecular complexity index is 537. The molecular formula is C15H19N3O. The molecule has 1 amide bonds. The van der Waals surface area contributed by atoms with E-state index < -0.39 is 0 Å². The lowest BCUT2D eigenvalue weighted by atomic mass is 9.87. The monoisotopic (exact) mass is 257 g/mol. The summed E-state index contributed by atoms with van der Waals surface area (Å²) in [6, 6.07) is 7.78. The summed E-state index contributed by atoms with van der Waals surface area (Å²) < 4.78 is 0. The Morgan fingerprint density at radius 3 is 2.84 bits per heavy atom. The third-order valence-electron chi connectivity index (χ3n) is 3.85. The fraction of sp³-hybridized carbons (Fsp3) is 0.467. The molecule has 0 bridgehead atoms. The molecule has 1 heterocycles. The molecule has 2 N–H and O–H groups in total. The first-order chi connectivity index (χ1) is 9.31. The highest BCUT2D eigenvalue weighted by molar-refractivity contribution is 5.91. The lowest BCUT2D eigenvalue weighted by Crippen LogP contribution is -2.18. The van der Waals surface area contributed by atoms with Crippen LogP contribution in [0.1, 0.15) is 38.5 Å². The van der Waals surface area contributed by atoms with Gasteiger partial charge in [-0.05, 0) is 30.9 Å². The van der Waals surface area contributed by atoms with Crippen molar-refractivity contribution >= 4 is 22.9 Å². The van der Waals surface area contributed by atoms with Gasteiger partial charge in [0.25, 0.3) is 0 Å². The van der Waals surface area contributed by atoms with Gasteiger partial charge in [-0.2, -0.15) is 0 Å². The SMILES string of the molecule is O=C(CC1CCCCC1)Nc1nc2ccccc2[nH]1. The normalized spacial score (nSPS) is 16.6. The van der Waals surface area contributed by atoms with Crippen molar-refractivity contribution < 1.29 is 4.79 Å². The molecule has 1 fully saturated rings. The van der Waals surface area contributed by atoms with Gasteiger partial charge in [0.2, 0.25) is 11.9 Å². The molecule has 0 saturated heterocycles. The van der Waals surface area contributed by atoms with Gasteiger partial charge in [0.15, 0.2) is 0 Å². The van der Waals surface area contributed by atoms with Crippen molar-refractivity contribution in [3.63, 3.8) is 0 Å². The van der Waals surface area contributed by atoms with Gasteiger partial charge in [0, 0.05) is 6.42 Å². The first-order valence-electron chi connectivity index (χ1n) is 7.06. The fourth-order valence-corrected chi connectivity index (χ4v) is 2.85. The average Bonchev–Trinajstić information content (AvgIpc) is 2.81. The zero-order valence-corrected chi connectivity index (χ0v) is 11.0. The second-order valence-electron chi connectivity index (χ2n) is 5.36. The number of fused-ring (bicyclic) bond motifs is 1. The van der Waals surface area contributed by atoms with E-state index in [1.807, 2.05) is 24.3 Å². The molecule has 4 nitrogen and oxygen atoms in total. The van der Waals surface area contributed by atoms with Crippen LogP contribution in [0, 0.1) is 5.92 Å². The number of benzene rings is 1. The van der Waals surface area contributed by atoms with Crippen molar-refractivity contribution in [3.05, 3.63) is 24.3 Å². The standard InChI is InChI=1S/C15H19N3O/c19-14(10-11-6-2-1-3-7-11)18-15-16-12-8-4-5-9-13(12)17-15/h4-5,8-9,11H,1-3,6-7,10H2,(H2,16,17,18,19). The summed E-state index contributed by atoms with van der Waals surface area (Å²) in [5.74, 6) is 1.19. The van der Waals surface area contributed by atoms with E-state index in [1.54, 1.807) is 0 Å². The summed E-state index contributed by atoms with van der Waals surface area (Å²) >= 11 is 0. The number of H-pyrrole nitrogens is 1. The van der Waals surface area contributed by atoms with E-state index in [9.17, 15) is 4.79 Å². The van der Waals surface area contributed by atoms with E-state index >= 15 is 0 Å². The molecule has 19 heavy (non-hydrogen) atoms. The molecule has 1 aromatic heterocycles. The Morgan fingerprint density at radius 1 is 1.26 bits per heavy atom. The number of nitrogens with zero attached hydrogens (tertiary/aromatic N) is 1. The van der Waals surface area contributed by atoms with Gasteiger partial charge in [-0.1, -0.05) is 31.4 Å². The Balaban J connectivity index is 1.62. The zero-order chi connectivity index (χ0) is 13.1. The molecule has 1 aliphatic carbocycles. The van der Waals surface area contributed by atoms with Crippen molar-refractivity contribution in [2.75, 3.05) is 5.32 Å². The molecule has 0 aliphatic heterocycles. The molecule has 100 valence electrons. The number of aromatic nitrogens is 2. The van der Waals surface area contributed by atoms with Crippen LogP contribution in [0.25, 0.3) is 11.0 Å². The maximum atomic E-state index is 12.0. The van der Waals surface area contributed by atoms with Gasteiger partial charge in [-0.25, -0.2) is 4.98 Å². The number of hydrogen-bond acceptors (Lipinski definition) is 2. The van der Waals surface area contributed by atoms with Crippen LogP contribution in [-0.4, -0.2) is 15.9 Å². The van der Waals surface area contributed by atoms with Crippen LogP contribution in [0.2, 0.25) is 0 Å². The third-order valence-corrected chi connectivity index (χ3v) is 3.85. The quantitative estimate of drug-likeness (QED) is 0.884.